The van der Waals surface area contributed by atoms with Gasteiger partial charge in [0.15, 0.2) is 23.2 Å². The third-order valence-corrected chi connectivity index (χ3v) is 5.95. The van der Waals surface area contributed by atoms with Gasteiger partial charge in [-0.3, -0.25) is 9.78 Å². The number of halogens is 3. The molecule has 3 aromatic rings. The van der Waals surface area contributed by atoms with Gasteiger partial charge in [-0.25, -0.2) is 18.2 Å². The summed E-state index contributed by atoms with van der Waals surface area (Å²) in [6, 6.07) is 4.75. The van der Waals surface area contributed by atoms with Crippen molar-refractivity contribution in [3.05, 3.63) is 65.4 Å². The highest BCUT2D eigenvalue weighted by Gasteiger charge is 2.26. The first kappa shape index (κ1) is 25.4. The molecule has 1 saturated heterocycles. The van der Waals surface area contributed by atoms with E-state index in [1.165, 1.54) is 0 Å². The number of rotatable bonds is 7. The van der Waals surface area contributed by atoms with Crippen LogP contribution in [-0.4, -0.2) is 41.0 Å². The molecule has 0 unspecified atom stereocenters. The number of ketones is 1. The normalized spacial score (nSPS) is 15.9. The predicted octanol–water partition coefficient (Wildman–Crippen LogP) is 4.28. The largest absolute Gasteiger partial charge is 0.488 e. The second-order valence-corrected chi connectivity index (χ2v) is 9.11. The fraction of sp³-hybridized carbons (Fsp3) is 0.346. The number of nitrogens with two attached hydrogens (primary N) is 2. The van der Waals surface area contributed by atoms with E-state index in [-0.39, 0.29) is 29.6 Å². The lowest BCUT2D eigenvalue weighted by Gasteiger charge is -2.33. The number of benzene rings is 1. The molecular formula is C26H28F3N5O2. The molecule has 2 aromatic heterocycles. The lowest BCUT2D eigenvalue weighted by atomic mass is 10.0. The van der Waals surface area contributed by atoms with Gasteiger partial charge in [-0.15, -0.1) is 0 Å². The maximum absolute atomic E-state index is 15.1. The number of ether oxygens (including phenoxy) is 1. The fourth-order valence-electron chi connectivity index (χ4n) is 4.35. The lowest BCUT2D eigenvalue weighted by molar-refractivity contribution is 0.0989. The molecule has 3 heterocycles. The zero-order valence-electron chi connectivity index (χ0n) is 20.1. The minimum Gasteiger partial charge on any atom is -0.488 e. The molecule has 0 radical (unpaired) electrons. The summed E-state index contributed by atoms with van der Waals surface area (Å²) in [6.45, 7) is 4.77. The lowest BCUT2D eigenvalue weighted by Crippen LogP contribution is -2.43. The van der Waals surface area contributed by atoms with Crippen LogP contribution in [0.15, 0.2) is 36.7 Å². The molecule has 0 aliphatic carbocycles. The summed E-state index contributed by atoms with van der Waals surface area (Å²) in [6.07, 6.45) is 4.50. The number of carbonyl (C=O) groups is 1. The van der Waals surface area contributed by atoms with Crippen molar-refractivity contribution < 1.29 is 22.7 Å². The summed E-state index contributed by atoms with van der Waals surface area (Å²) < 4.78 is 50.0. The number of hydrogen-bond acceptors (Lipinski definition) is 7. The molecule has 190 valence electrons. The number of nitrogens with zero attached hydrogens (tertiary/aromatic N) is 3. The number of aromatic nitrogens is 2. The summed E-state index contributed by atoms with van der Waals surface area (Å²) in [5, 5.41) is 0. The van der Waals surface area contributed by atoms with Crippen LogP contribution in [0.3, 0.4) is 0 Å². The SMILES string of the molecule is CC(C)Oc1ccc(F)c(-c2nc(C(=O)Cc3cnccc3N3CCC[C@H](N)C3)c(N)cc2F)c1F. The van der Waals surface area contributed by atoms with E-state index in [0.717, 1.165) is 43.3 Å². The van der Waals surface area contributed by atoms with Crippen LogP contribution in [0, 0.1) is 17.5 Å². The van der Waals surface area contributed by atoms with Crippen LogP contribution in [0.25, 0.3) is 11.3 Å². The van der Waals surface area contributed by atoms with E-state index in [2.05, 4.69) is 14.9 Å². The average molecular weight is 500 g/mol. The summed E-state index contributed by atoms with van der Waals surface area (Å²) in [5.41, 5.74) is 11.5. The van der Waals surface area contributed by atoms with Gasteiger partial charge < -0.3 is 21.1 Å². The third kappa shape index (κ3) is 5.28. The topological polar surface area (TPSA) is 107 Å². The van der Waals surface area contributed by atoms with Crippen LogP contribution in [-0.2, 0) is 6.42 Å². The van der Waals surface area contributed by atoms with Crippen LogP contribution < -0.4 is 21.1 Å². The first-order chi connectivity index (χ1) is 17.2. The summed E-state index contributed by atoms with van der Waals surface area (Å²) >= 11 is 0. The summed E-state index contributed by atoms with van der Waals surface area (Å²) in [4.78, 5) is 23.5. The van der Waals surface area contributed by atoms with Gasteiger partial charge in [-0.05, 0) is 44.9 Å². The average Bonchev–Trinajstić information content (AvgIpc) is 2.82. The molecule has 0 bridgehead atoms. The van der Waals surface area contributed by atoms with Gasteiger partial charge in [0.25, 0.3) is 0 Å². The Hall–Kier alpha value is -3.66. The fourth-order valence-corrected chi connectivity index (χ4v) is 4.35. The van der Waals surface area contributed by atoms with E-state index < -0.39 is 40.6 Å². The molecule has 36 heavy (non-hydrogen) atoms. The zero-order valence-corrected chi connectivity index (χ0v) is 20.1. The highest BCUT2D eigenvalue weighted by molar-refractivity contribution is 6.01. The molecule has 1 aliphatic heterocycles. The van der Waals surface area contributed by atoms with E-state index in [4.69, 9.17) is 16.2 Å². The second-order valence-electron chi connectivity index (χ2n) is 9.11. The van der Waals surface area contributed by atoms with Crippen LogP contribution in [0.1, 0.15) is 42.7 Å². The molecule has 4 N–H and O–H groups in total. The van der Waals surface area contributed by atoms with Gasteiger partial charge in [0, 0.05) is 55.3 Å². The molecule has 7 nitrogen and oxygen atoms in total. The van der Waals surface area contributed by atoms with Crippen LogP contribution >= 0.6 is 0 Å². The second kappa shape index (κ2) is 10.5. The third-order valence-electron chi connectivity index (χ3n) is 5.95. The van der Waals surface area contributed by atoms with Gasteiger partial charge in [0.1, 0.15) is 17.2 Å². The molecule has 0 amide bonds. The molecule has 1 aliphatic rings. The summed E-state index contributed by atoms with van der Waals surface area (Å²) in [7, 11) is 0. The van der Waals surface area contributed by atoms with E-state index >= 15 is 4.39 Å². The Kier molecular flexibility index (Phi) is 7.44. The van der Waals surface area contributed by atoms with Gasteiger partial charge in [0.05, 0.1) is 17.4 Å². The van der Waals surface area contributed by atoms with Gasteiger partial charge in [-0.1, -0.05) is 0 Å². The number of Topliss-reactive ketones (excluding diaryl/α,β-unsaturated/α-hetero) is 1. The van der Waals surface area contributed by atoms with Crippen molar-refractivity contribution >= 4 is 17.2 Å². The van der Waals surface area contributed by atoms with Crippen LogP contribution in [0.4, 0.5) is 24.5 Å². The van der Waals surface area contributed by atoms with Gasteiger partial charge in [0.2, 0.25) is 0 Å². The first-order valence-corrected chi connectivity index (χ1v) is 11.7. The van der Waals surface area contributed by atoms with E-state index in [1.807, 2.05) is 0 Å². The van der Waals surface area contributed by atoms with Crippen molar-refractivity contribution in [3.63, 3.8) is 0 Å². The maximum Gasteiger partial charge on any atom is 0.187 e. The van der Waals surface area contributed by atoms with Gasteiger partial charge >= 0.3 is 0 Å². The Morgan fingerprint density at radius 3 is 2.72 bits per heavy atom. The van der Waals surface area contributed by atoms with Crippen molar-refractivity contribution in [3.8, 4) is 17.0 Å². The van der Waals surface area contributed by atoms with Crippen LogP contribution in [0.5, 0.6) is 5.75 Å². The van der Waals surface area contributed by atoms with Crippen molar-refractivity contribution in [1.82, 2.24) is 9.97 Å². The van der Waals surface area contributed by atoms with E-state index in [9.17, 15) is 13.6 Å². The van der Waals surface area contributed by atoms with Crippen molar-refractivity contribution in [2.24, 2.45) is 5.73 Å². The molecule has 4 rings (SSSR count). The first-order valence-electron chi connectivity index (χ1n) is 11.7. The number of piperidine rings is 1. The maximum atomic E-state index is 15.1. The smallest absolute Gasteiger partial charge is 0.187 e. The predicted molar refractivity (Wildman–Crippen MR) is 131 cm³/mol. The summed E-state index contributed by atoms with van der Waals surface area (Å²) in [5.74, 6) is -4.02. The molecule has 1 fully saturated rings. The van der Waals surface area contributed by atoms with Crippen molar-refractivity contribution in [2.75, 3.05) is 23.7 Å². The Balaban J connectivity index is 1.70. The quantitative estimate of drug-likeness (QED) is 0.467. The number of anilines is 2. The van der Waals surface area contributed by atoms with E-state index in [0.29, 0.717) is 12.1 Å². The number of nitrogen functional groups attached to an aromatic ring is 1. The Morgan fingerprint density at radius 2 is 2.00 bits per heavy atom. The molecule has 1 aromatic carbocycles. The van der Waals surface area contributed by atoms with Crippen molar-refractivity contribution in [1.29, 1.82) is 0 Å². The molecular weight excluding hydrogens is 471 g/mol. The number of carbonyl (C=O) groups excluding carboxylic acids is 1. The Bertz CT molecular complexity index is 1280. The Morgan fingerprint density at radius 1 is 1.22 bits per heavy atom. The highest BCUT2D eigenvalue weighted by atomic mass is 19.1. The molecule has 10 heteroatoms. The standard InChI is InChI=1S/C26H28F3N5O2/c1-14(2)36-22-6-5-17(27)23(24(22)29)25-18(28)11-19(31)26(33-25)21(35)10-15-12-32-8-7-20(15)34-9-3-4-16(30)13-34/h5-8,11-12,14,16H,3-4,9-10,13,30-31H2,1-2H3/t16-/m0/s1. The minimum absolute atomic E-state index is 0.0210. The van der Waals surface area contributed by atoms with Crippen molar-refractivity contribution in [2.45, 2.75) is 45.3 Å². The van der Waals surface area contributed by atoms with Gasteiger partial charge in [-0.2, -0.15) is 0 Å². The Labute approximate surface area is 207 Å². The number of pyridine rings is 2. The monoisotopic (exact) mass is 499 g/mol. The highest BCUT2D eigenvalue weighted by Crippen LogP contribution is 2.34. The zero-order chi connectivity index (χ0) is 26.0. The molecule has 0 saturated carbocycles. The molecule has 0 spiro atoms. The van der Waals surface area contributed by atoms with Crippen LogP contribution in [0.2, 0.25) is 0 Å². The number of hydrogen-bond donors (Lipinski definition) is 2. The minimum atomic E-state index is -1.12. The molecule has 1 atom stereocenters. The van der Waals surface area contributed by atoms with E-state index in [1.54, 1.807) is 32.3 Å².